The molecule has 0 radical (unpaired) electrons. The van der Waals surface area contributed by atoms with Crippen LogP contribution in [0, 0.1) is 3.57 Å². The van der Waals surface area contributed by atoms with E-state index in [1.165, 1.54) is 11.8 Å². The summed E-state index contributed by atoms with van der Waals surface area (Å²) in [5, 5.41) is 9.36. The topological polar surface area (TPSA) is 88.4 Å². The highest BCUT2D eigenvalue weighted by Gasteiger charge is 2.33. The fourth-order valence-electron chi connectivity index (χ4n) is 2.60. The Labute approximate surface area is 191 Å². The molecular formula is C21H19IN2O5S. The normalized spacial score (nSPS) is 16.5. The summed E-state index contributed by atoms with van der Waals surface area (Å²) in [5.41, 5.74) is 1.58. The van der Waals surface area contributed by atoms with Crippen LogP contribution in [0.15, 0.2) is 58.4 Å². The summed E-state index contributed by atoms with van der Waals surface area (Å²) >= 11 is 3.39. The molecule has 7 nitrogen and oxygen atoms in total. The van der Waals surface area contributed by atoms with E-state index in [1.807, 2.05) is 36.4 Å². The van der Waals surface area contributed by atoms with E-state index in [2.05, 4.69) is 27.6 Å². The predicted octanol–water partition coefficient (Wildman–Crippen LogP) is 4.01. The van der Waals surface area contributed by atoms with Crippen LogP contribution in [0.2, 0.25) is 0 Å². The van der Waals surface area contributed by atoms with E-state index in [4.69, 9.17) is 14.6 Å². The highest BCUT2D eigenvalue weighted by atomic mass is 127. The standard InChI is InChI=1S/C21H19IN2O5S/c1-28-10-9-24-20(27)18(30-21(24)23-15-5-3-2-4-6-15)12-14-7-8-17(16(22)11-14)29-13-19(25)26/h2-8,11-12H,9-10,13H2,1H3,(H,25,26)/b18-12-,23-21?. The summed E-state index contributed by atoms with van der Waals surface area (Å²) in [6.45, 7) is 0.407. The molecule has 0 unspecified atom stereocenters. The molecule has 30 heavy (non-hydrogen) atoms. The molecule has 2 aromatic rings. The first-order valence-electron chi connectivity index (χ1n) is 8.96. The molecule has 1 saturated heterocycles. The van der Waals surface area contributed by atoms with E-state index < -0.39 is 12.6 Å². The highest BCUT2D eigenvalue weighted by molar-refractivity contribution is 14.1. The average Bonchev–Trinajstić information content (AvgIpc) is 3.00. The molecule has 3 rings (SSSR count). The maximum atomic E-state index is 13.0. The largest absolute Gasteiger partial charge is 0.481 e. The summed E-state index contributed by atoms with van der Waals surface area (Å²) in [5.74, 6) is -0.683. The number of carboxylic acid groups (broad SMARTS) is 1. The lowest BCUT2D eigenvalue weighted by Crippen LogP contribution is -2.32. The van der Waals surface area contributed by atoms with Crippen molar-refractivity contribution in [2.75, 3.05) is 26.9 Å². The Hall–Kier alpha value is -2.37. The van der Waals surface area contributed by atoms with Gasteiger partial charge >= 0.3 is 5.97 Å². The molecule has 1 aliphatic heterocycles. The van der Waals surface area contributed by atoms with Gasteiger partial charge in [0.1, 0.15) is 5.75 Å². The van der Waals surface area contributed by atoms with Gasteiger partial charge in [-0.15, -0.1) is 0 Å². The van der Waals surface area contributed by atoms with E-state index in [-0.39, 0.29) is 5.91 Å². The first kappa shape index (κ1) is 22.3. The number of benzene rings is 2. The van der Waals surface area contributed by atoms with Crippen molar-refractivity contribution in [3.8, 4) is 5.75 Å². The molecule has 1 fully saturated rings. The van der Waals surface area contributed by atoms with E-state index in [9.17, 15) is 9.59 Å². The summed E-state index contributed by atoms with van der Waals surface area (Å²) in [4.78, 5) is 30.4. The number of aliphatic carboxylic acids is 1. The molecule has 1 amide bonds. The zero-order valence-electron chi connectivity index (χ0n) is 16.1. The number of para-hydroxylation sites is 1. The Bertz CT molecular complexity index is 994. The number of nitrogens with zero attached hydrogens (tertiary/aromatic N) is 2. The van der Waals surface area contributed by atoms with E-state index in [1.54, 1.807) is 30.2 Å². The van der Waals surface area contributed by atoms with Gasteiger partial charge in [0, 0.05) is 7.11 Å². The molecule has 0 aliphatic carbocycles. The second-order valence-corrected chi connectivity index (χ2v) is 8.33. The number of methoxy groups -OCH3 is 1. The fourth-order valence-corrected chi connectivity index (χ4v) is 4.32. The van der Waals surface area contributed by atoms with Crippen molar-refractivity contribution >= 4 is 63.2 Å². The van der Waals surface area contributed by atoms with Gasteiger partial charge in [-0.05, 0) is 70.3 Å². The molecule has 0 bridgehead atoms. The molecule has 2 aromatic carbocycles. The number of amidine groups is 1. The fraction of sp³-hybridized carbons (Fsp3) is 0.190. The second kappa shape index (κ2) is 10.6. The quantitative estimate of drug-likeness (QED) is 0.404. The van der Waals surface area contributed by atoms with Crippen molar-refractivity contribution in [2.24, 2.45) is 4.99 Å². The number of halogens is 1. The van der Waals surface area contributed by atoms with Crippen molar-refractivity contribution in [3.05, 3.63) is 62.6 Å². The maximum Gasteiger partial charge on any atom is 0.341 e. The van der Waals surface area contributed by atoms with Crippen LogP contribution in [0.25, 0.3) is 6.08 Å². The smallest absolute Gasteiger partial charge is 0.341 e. The van der Waals surface area contributed by atoms with Gasteiger partial charge in [0.2, 0.25) is 0 Å². The SMILES string of the molecule is COCCN1C(=O)/C(=C/c2ccc(OCC(=O)O)c(I)c2)SC1=Nc1ccccc1. The van der Waals surface area contributed by atoms with Crippen molar-refractivity contribution in [1.82, 2.24) is 4.90 Å². The Morgan fingerprint density at radius 1 is 1.27 bits per heavy atom. The van der Waals surface area contributed by atoms with Gasteiger partial charge < -0.3 is 14.6 Å². The zero-order valence-corrected chi connectivity index (χ0v) is 19.1. The van der Waals surface area contributed by atoms with Crippen LogP contribution < -0.4 is 4.74 Å². The molecule has 0 spiro atoms. The van der Waals surface area contributed by atoms with Crippen molar-refractivity contribution in [3.63, 3.8) is 0 Å². The van der Waals surface area contributed by atoms with Crippen LogP contribution in [0.1, 0.15) is 5.56 Å². The Morgan fingerprint density at radius 2 is 2.03 bits per heavy atom. The first-order chi connectivity index (χ1) is 14.5. The minimum atomic E-state index is -1.04. The third kappa shape index (κ3) is 5.83. The van der Waals surface area contributed by atoms with Gasteiger partial charge in [0.05, 0.1) is 27.3 Å². The van der Waals surface area contributed by atoms with Crippen LogP contribution in [0.5, 0.6) is 5.75 Å². The molecule has 0 aromatic heterocycles. The van der Waals surface area contributed by atoms with Crippen LogP contribution in [-0.4, -0.2) is 53.9 Å². The van der Waals surface area contributed by atoms with E-state index in [0.29, 0.717) is 29.0 Å². The van der Waals surface area contributed by atoms with Gasteiger partial charge in [-0.3, -0.25) is 9.69 Å². The molecule has 1 N–H and O–H groups in total. The number of hydrogen-bond acceptors (Lipinski definition) is 6. The third-order valence-electron chi connectivity index (χ3n) is 3.99. The van der Waals surface area contributed by atoms with Crippen LogP contribution >= 0.6 is 34.4 Å². The summed E-state index contributed by atoms with van der Waals surface area (Å²) < 4.78 is 11.1. The van der Waals surface area contributed by atoms with Gasteiger partial charge in [-0.25, -0.2) is 9.79 Å². The van der Waals surface area contributed by atoms with Gasteiger partial charge in [0.15, 0.2) is 11.8 Å². The number of amides is 1. The molecule has 0 saturated carbocycles. The van der Waals surface area contributed by atoms with Crippen molar-refractivity contribution < 1.29 is 24.2 Å². The molecule has 1 heterocycles. The van der Waals surface area contributed by atoms with Crippen LogP contribution in [0.3, 0.4) is 0 Å². The molecular weight excluding hydrogens is 519 g/mol. The summed E-state index contributed by atoms with van der Waals surface area (Å²) in [6.07, 6.45) is 1.80. The molecule has 156 valence electrons. The number of carbonyl (C=O) groups is 2. The molecule has 1 aliphatic rings. The number of rotatable bonds is 8. The Kier molecular flexibility index (Phi) is 7.88. The summed E-state index contributed by atoms with van der Waals surface area (Å²) in [7, 11) is 1.59. The van der Waals surface area contributed by atoms with Crippen molar-refractivity contribution in [2.45, 2.75) is 0 Å². The minimum Gasteiger partial charge on any atom is -0.481 e. The average molecular weight is 538 g/mol. The monoisotopic (exact) mass is 538 g/mol. The van der Waals surface area contributed by atoms with Gasteiger partial charge in [-0.1, -0.05) is 24.3 Å². The number of thioether (sulfide) groups is 1. The molecule has 0 atom stereocenters. The zero-order chi connectivity index (χ0) is 21.5. The number of ether oxygens (including phenoxy) is 2. The lowest BCUT2D eigenvalue weighted by molar-refractivity contribution is -0.139. The number of carboxylic acids is 1. The lowest BCUT2D eigenvalue weighted by Gasteiger charge is -2.14. The number of carbonyl (C=O) groups excluding carboxylic acids is 1. The van der Waals surface area contributed by atoms with Gasteiger partial charge in [-0.2, -0.15) is 0 Å². The summed E-state index contributed by atoms with van der Waals surface area (Å²) in [6, 6.07) is 14.8. The van der Waals surface area contributed by atoms with E-state index >= 15 is 0 Å². The maximum absolute atomic E-state index is 13.0. The molecule has 9 heteroatoms. The van der Waals surface area contributed by atoms with Gasteiger partial charge in [0.25, 0.3) is 5.91 Å². The first-order valence-corrected chi connectivity index (χ1v) is 10.9. The van der Waals surface area contributed by atoms with Crippen LogP contribution in [-0.2, 0) is 14.3 Å². The predicted molar refractivity (Wildman–Crippen MR) is 125 cm³/mol. The third-order valence-corrected chi connectivity index (χ3v) is 5.84. The number of aliphatic imine (C=N–C) groups is 1. The lowest BCUT2D eigenvalue weighted by atomic mass is 10.2. The minimum absolute atomic E-state index is 0.132. The number of hydrogen-bond donors (Lipinski definition) is 1. The highest BCUT2D eigenvalue weighted by Crippen LogP contribution is 2.34. The Morgan fingerprint density at radius 3 is 2.70 bits per heavy atom. The van der Waals surface area contributed by atoms with E-state index in [0.717, 1.165) is 14.8 Å². The van der Waals surface area contributed by atoms with Crippen LogP contribution in [0.4, 0.5) is 5.69 Å². The second-order valence-electron chi connectivity index (χ2n) is 6.16. The van der Waals surface area contributed by atoms with Crippen molar-refractivity contribution in [1.29, 1.82) is 0 Å². The Balaban J connectivity index is 1.85.